The Kier molecular flexibility index (Phi) is 7.68. The molecule has 25 heavy (non-hydrogen) atoms. The van der Waals surface area contributed by atoms with E-state index in [0.717, 1.165) is 45.4 Å². The Labute approximate surface area is 151 Å². The summed E-state index contributed by atoms with van der Waals surface area (Å²) >= 11 is 0. The number of rotatable bonds is 7. The zero-order chi connectivity index (χ0) is 18.1. The minimum absolute atomic E-state index is 0.0587. The lowest BCUT2D eigenvalue weighted by molar-refractivity contribution is -0.00834. The molecule has 6 nitrogen and oxygen atoms in total. The number of guanidine groups is 1. The molecule has 0 spiro atoms. The molecule has 0 aromatic heterocycles. The lowest BCUT2D eigenvalue weighted by Crippen LogP contribution is -2.56. The van der Waals surface area contributed by atoms with Crippen molar-refractivity contribution in [1.29, 1.82) is 0 Å². The van der Waals surface area contributed by atoms with E-state index in [2.05, 4.69) is 58.6 Å². The quantitative estimate of drug-likeness (QED) is 0.579. The number of nitrogens with one attached hydrogen (secondary N) is 2. The van der Waals surface area contributed by atoms with E-state index in [9.17, 15) is 0 Å². The van der Waals surface area contributed by atoms with Gasteiger partial charge >= 0.3 is 0 Å². The van der Waals surface area contributed by atoms with E-state index in [4.69, 9.17) is 9.47 Å². The number of ether oxygens (including phenoxy) is 2. The van der Waals surface area contributed by atoms with E-state index >= 15 is 0 Å². The number of hydrogen-bond acceptors (Lipinski definition) is 4. The van der Waals surface area contributed by atoms with Crippen molar-refractivity contribution in [1.82, 2.24) is 15.5 Å². The molecule has 1 heterocycles. The SMILES string of the molecule is CN=C(NCc1ccc(COC)cc1)NCC(C)(C)N1CCOCC1. The van der Waals surface area contributed by atoms with Gasteiger partial charge < -0.3 is 20.1 Å². The van der Waals surface area contributed by atoms with Crippen LogP contribution in [-0.2, 0) is 22.6 Å². The molecule has 2 rings (SSSR count). The first-order chi connectivity index (χ1) is 12.0. The zero-order valence-electron chi connectivity index (χ0n) is 16.0. The van der Waals surface area contributed by atoms with Crippen LogP contribution in [0.3, 0.4) is 0 Å². The van der Waals surface area contributed by atoms with Crippen LogP contribution in [0, 0.1) is 0 Å². The van der Waals surface area contributed by atoms with Crippen molar-refractivity contribution >= 4 is 5.96 Å². The van der Waals surface area contributed by atoms with Crippen LogP contribution >= 0.6 is 0 Å². The predicted molar refractivity (Wildman–Crippen MR) is 102 cm³/mol. The first kappa shape index (κ1) is 19.7. The molecule has 0 saturated carbocycles. The minimum Gasteiger partial charge on any atom is -0.380 e. The maximum absolute atomic E-state index is 5.45. The van der Waals surface area contributed by atoms with Crippen molar-refractivity contribution in [3.8, 4) is 0 Å². The highest BCUT2D eigenvalue weighted by Crippen LogP contribution is 2.15. The van der Waals surface area contributed by atoms with E-state index in [1.54, 1.807) is 14.2 Å². The highest BCUT2D eigenvalue weighted by atomic mass is 16.5. The second-order valence-electron chi connectivity index (χ2n) is 6.94. The van der Waals surface area contributed by atoms with Gasteiger partial charge in [-0.05, 0) is 25.0 Å². The van der Waals surface area contributed by atoms with Crippen LogP contribution in [0.1, 0.15) is 25.0 Å². The van der Waals surface area contributed by atoms with Crippen LogP contribution in [0.15, 0.2) is 29.3 Å². The van der Waals surface area contributed by atoms with Crippen LogP contribution < -0.4 is 10.6 Å². The molecule has 140 valence electrons. The number of aliphatic imine (C=N–C) groups is 1. The fraction of sp³-hybridized carbons (Fsp3) is 0.632. The van der Waals surface area contributed by atoms with Gasteiger partial charge in [-0.25, -0.2) is 0 Å². The summed E-state index contributed by atoms with van der Waals surface area (Å²) in [6.45, 7) is 10.3. The third-order valence-electron chi connectivity index (χ3n) is 4.57. The maximum atomic E-state index is 5.45. The monoisotopic (exact) mass is 348 g/mol. The second kappa shape index (κ2) is 9.75. The van der Waals surface area contributed by atoms with Crippen LogP contribution in [0.5, 0.6) is 0 Å². The summed E-state index contributed by atoms with van der Waals surface area (Å²) in [7, 11) is 3.52. The number of morpholine rings is 1. The third-order valence-corrected chi connectivity index (χ3v) is 4.57. The summed E-state index contributed by atoms with van der Waals surface area (Å²) in [5, 5.41) is 6.82. The Morgan fingerprint density at radius 1 is 1.16 bits per heavy atom. The number of nitrogens with zero attached hydrogens (tertiary/aromatic N) is 2. The largest absolute Gasteiger partial charge is 0.380 e. The standard InChI is InChI=1S/C19H32N4O2/c1-19(2,23-9-11-25-12-10-23)15-22-18(20-3)21-13-16-5-7-17(8-6-16)14-24-4/h5-8H,9-15H2,1-4H3,(H2,20,21,22). The maximum Gasteiger partial charge on any atom is 0.191 e. The van der Waals surface area contributed by atoms with E-state index in [1.165, 1.54) is 11.1 Å². The van der Waals surface area contributed by atoms with Gasteiger partial charge in [-0.2, -0.15) is 0 Å². The Morgan fingerprint density at radius 3 is 2.40 bits per heavy atom. The molecule has 6 heteroatoms. The van der Waals surface area contributed by atoms with Gasteiger partial charge in [-0.3, -0.25) is 9.89 Å². The average Bonchev–Trinajstić information content (AvgIpc) is 2.64. The molecule has 0 atom stereocenters. The summed E-state index contributed by atoms with van der Waals surface area (Å²) in [5.41, 5.74) is 2.46. The van der Waals surface area contributed by atoms with Crippen molar-refractivity contribution in [2.45, 2.75) is 32.5 Å². The zero-order valence-corrected chi connectivity index (χ0v) is 16.0. The summed E-state index contributed by atoms with van der Waals surface area (Å²) < 4.78 is 10.6. The molecule has 1 aliphatic rings. The van der Waals surface area contributed by atoms with Crippen molar-refractivity contribution < 1.29 is 9.47 Å². The smallest absolute Gasteiger partial charge is 0.191 e. The van der Waals surface area contributed by atoms with E-state index in [0.29, 0.717) is 6.61 Å². The molecule has 0 bridgehead atoms. The van der Waals surface area contributed by atoms with Gasteiger partial charge in [0.15, 0.2) is 5.96 Å². The molecule has 0 amide bonds. The first-order valence-electron chi connectivity index (χ1n) is 8.89. The van der Waals surface area contributed by atoms with Crippen molar-refractivity contribution in [3.05, 3.63) is 35.4 Å². The van der Waals surface area contributed by atoms with Gasteiger partial charge in [0.25, 0.3) is 0 Å². The van der Waals surface area contributed by atoms with Crippen molar-refractivity contribution in [2.75, 3.05) is 47.0 Å². The van der Waals surface area contributed by atoms with Gasteiger partial charge in [-0.15, -0.1) is 0 Å². The van der Waals surface area contributed by atoms with E-state index in [-0.39, 0.29) is 5.54 Å². The topological polar surface area (TPSA) is 58.1 Å². The Morgan fingerprint density at radius 2 is 1.80 bits per heavy atom. The average molecular weight is 348 g/mol. The van der Waals surface area contributed by atoms with Gasteiger partial charge in [0, 0.05) is 45.9 Å². The van der Waals surface area contributed by atoms with Gasteiger partial charge in [0.05, 0.1) is 19.8 Å². The summed E-state index contributed by atoms with van der Waals surface area (Å²) in [6.07, 6.45) is 0. The molecule has 1 aliphatic heterocycles. The molecule has 1 fully saturated rings. The molecule has 1 saturated heterocycles. The van der Waals surface area contributed by atoms with Crippen LogP contribution in [0.25, 0.3) is 0 Å². The molecule has 1 aromatic rings. The molecule has 0 aliphatic carbocycles. The fourth-order valence-electron chi connectivity index (χ4n) is 2.91. The first-order valence-corrected chi connectivity index (χ1v) is 8.89. The number of benzene rings is 1. The van der Waals surface area contributed by atoms with Crippen LogP contribution in [0.2, 0.25) is 0 Å². The summed E-state index contributed by atoms with van der Waals surface area (Å²) in [4.78, 5) is 6.79. The van der Waals surface area contributed by atoms with Gasteiger partial charge in [0.2, 0.25) is 0 Å². The second-order valence-corrected chi connectivity index (χ2v) is 6.94. The normalized spacial score (nSPS) is 16.7. The fourth-order valence-corrected chi connectivity index (χ4v) is 2.91. The lowest BCUT2D eigenvalue weighted by atomic mass is 10.0. The Hall–Kier alpha value is -1.63. The minimum atomic E-state index is 0.0587. The number of methoxy groups -OCH3 is 1. The third kappa shape index (κ3) is 6.30. The van der Waals surface area contributed by atoms with Crippen molar-refractivity contribution in [3.63, 3.8) is 0 Å². The van der Waals surface area contributed by atoms with Gasteiger partial charge in [-0.1, -0.05) is 24.3 Å². The number of hydrogen-bond donors (Lipinski definition) is 2. The van der Waals surface area contributed by atoms with E-state index in [1.807, 2.05) is 0 Å². The molecular weight excluding hydrogens is 316 g/mol. The highest BCUT2D eigenvalue weighted by Gasteiger charge is 2.28. The van der Waals surface area contributed by atoms with Crippen molar-refractivity contribution in [2.24, 2.45) is 4.99 Å². The predicted octanol–water partition coefficient (Wildman–Crippen LogP) is 1.61. The van der Waals surface area contributed by atoms with Crippen LogP contribution in [0.4, 0.5) is 0 Å². The molecule has 0 unspecified atom stereocenters. The molecule has 0 radical (unpaired) electrons. The highest BCUT2D eigenvalue weighted by molar-refractivity contribution is 5.79. The Bertz CT molecular complexity index is 537. The van der Waals surface area contributed by atoms with Crippen LogP contribution in [-0.4, -0.2) is 63.4 Å². The summed E-state index contributed by atoms with van der Waals surface area (Å²) in [6, 6.07) is 8.43. The lowest BCUT2D eigenvalue weighted by Gasteiger charge is -2.41. The summed E-state index contributed by atoms with van der Waals surface area (Å²) in [5.74, 6) is 0.822. The van der Waals surface area contributed by atoms with E-state index < -0.39 is 0 Å². The molecule has 2 N–H and O–H groups in total. The van der Waals surface area contributed by atoms with Gasteiger partial charge in [0.1, 0.15) is 0 Å². The molecular formula is C19H32N4O2. The molecule has 1 aromatic carbocycles. The Balaban J connectivity index is 1.79.